The lowest BCUT2D eigenvalue weighted by molar-refractivity contribution is 0.0294. The van der Waals surface area contributed by atoms with Crippen molar-refractivity contribution < 1.29 is 11.9 Å². The Balaban J connectivity index is 2.04. The molecule has 0 saturated carbocycles. The Labute approximate surface area is 69.9 Å². The molecule has 0 amide bonds. The smallest absolute Gasteiger partial charge is 0.0916 e. The Morgan fingerprint density at radius 2 is 2.27 bits per heavy atom. The van der Waals surface area contributed by atoms with E-state index in [1.807, 2.05) is 0 Å². The minimum Gasteiger partial charge on any atom is -0.378 e. The molecule has 0 unspecified atom stereocenters. The van der Waals surface area contributed by atoms with Gasteiger partial charge >= 0.3 is 0 Å². The van der Waals surface area contributed by atoms with Crippen molar-refractivity contribution >= 4 is 0 Å². The van der Waals surface area contributed by atoms with E-state index in [9.17, 15) is 4.39 Å². The summed E-state index contributed by atoms with van der Waals surface area (Å²) in [6.07, 6.45) is 1.89. The third-order valence-corrected chi connectivity index (χ3v) is 1.84. The van der Waals surface area contributed by atoms with Crippen LogP contribution in [0.4, 0.5) is 4.39 Å². The minimum atomic E-state index is -2.59. The minimum absolute atomic E-state index is 0.170. The van der Waals surface area contributed by atoms with Crippen molar-refractivity contribution in [3.63, 3.8) is 0 Å². The maximum absolute atomic E-state index is 12.4. The van der Waals surface area contributed by atoms with Crippen LogP contribution in [-0.4, -0.2) is 32.4 Å². The Morgan fingerprint density at radius 1 is 1.55 bits per heavy atom. The van der Waals surface area contributed by atoms with Crippen LogP contribution >= 0.6 is 0 Å². The van der Waals surface area contributed by atoms with Gasteiger partial charge in [-0.2, -0.15) is 0 Å². The summed E-state index contributed by atoms with van der Waals surface area (Å²) in [6.45, 7) is -0.540. The van der Waals surface area contributed by atoms with Crippen LogP contribution in [0, 0.1) is 0 Å². The van der Waals surface area contributed by atoms with Crippen molar-refractivity contribution in [2.24, 2.45) is 0 Å². The molecule has 0 aromatic carbocycles. The molecular formula is C8H16FNO. The van der Waals surface area contributed by atoms with Crippen molar-refractivity contribution in [1.82, 2.24) is 5.32 Å². The van der Waals surface area contributed by atoms with Crippen LogP contribution in [0.1, 0.15) is 22.0 Å². The highest BCUT2D eigenvalue weighted by Gasteiger charge is 2.12. The highest BCUT2D eigenvalue weighted by atomic mass is 19.1. The van der Waals surface area contributed by atoms with E-state index in [0.29, 0.717) is 0 Å². The van der Waals surface area contributed by atoms with Gasteiger partial charge in [0, 0.05) is 6.61 Å². The van der Waals surface area contributed by atoms with Gasteiger partial charge in [0.05, 0.1) is 15.5 Å². The van der Waals surface area contributed by atoms with Crippen LogP contribution in [-0.2, 0) is 4.74 Å². The quantitative estimate of drug-likeness (QED) is 0.670. The molecule has 11 heavy (non-hydrogen) atoms. The van der Waals surface area contributed by atoms with Crippen LogP contribution in [0.3, 0.4) is 0 Å². The Hall–Kier alpha value is -0.150. The molecule has 1 fully saturated rings. The molecule has 0 aliphatic carbocycles. The van der Waals surface area contributed by atoms with Crippen LogP contribution in [0.25, 0.3) is 0 Å². The fourth-order valence-corrected chi connectivity index (χ4v) is 1.23. The first kappa shape index (κ1) is 6.38. The van der Waals surface area contributed by atoms with E-state index in [-0.39, 0.29) is 19.1 Å². The van der Waals surface area contributed by atoms with Gasteiger partial charge < -0.3 is 10.1 Å². The van der Waals surface area contributed by atoms with Gasteiger partial charge in [-0.3, -0.25) is 4.39 Å². The van der Waals surface area contributed by atoms with Crippen molar-refractivity contribution in [2.45, 2.75) is 25.4 Å². The normalized spacial score (nSPS) is 24.5. The van der Waals surface area contributed by atoms with E-state index in [2.05, 4.69) is 5.32 Å². The average molecular weight is 163 g/mol. The highest BCUT2D eigenvalue weighted by molar-refractivity contribution is 4.67. The third kappa shape index (κ3) is 3.68. The van der Waals surface area contributed by atoms with E-state index >= 15 is 0 Å². The number of piperidine rings is 1. The number of alkyl halides is 1. The average Bonchev–Trinajstić information content (AvgIpc) is 2.04. The molecule has 0 atom stereocenters. The van der Waals surface area contributed by atoms with Gasteiger partial charge in [-0.1, -0.05) is 0 Å². The van der Waals surface area contributed by atoms with E-state index in [0.717, 1.165) is 25.9 Å². The van der Waals surface area contributed by atoms with E-state index in [4.69, 9.17) is 7.48 Å². The molecule has 0 radical (unpaired) electrons. The molecule has 1 aliphatic rings. The summed E-state index contributed by atoms with van der Waals surface area (Å²) in [5, 5.41) is 3.19. The Kier molecular flexibility index (Phi) is 3.18. The first-order chi connectivity index (χ1) is 6.08. The lowest BCUT2D eigenvalue weighted by Gasteiger charge is -2.22. The lowest BCUT2D eigenvalue weighted by atomic mass is 10.1. The second kappa shape index (κ2) is 5.49. The Bertz CT molecular complexity index is 146. The molecule has 0 aromatic rings. The third-order valence-electron chi connectivity index (χ3n) is 1.84. The SMILES string of the molecule is [2H]C([2H])(F)CCOC1CCNCC1. The Morgan fingerprint density at radius 3 is 2.91 bits per heavy atom. The number of hydrogen-bond acceptors (Lipinski definition) is 2. The second-order valence-corrected chi connectivity index (χ2v) is 2.70. The largest absolute Gasteiger partial charge is 0.378 e. The van der Waals surface area contributed by atoms with Gasteiger partial charge in [0.25, 0.3) is 0 Å². The van der Waals surface area contributed by atoms with Gasteiger partial charge in [-0.15, -0.1) is 0 Å². The second-order valence-electron chi connectivity index (χ2n) is 2.70. The van der Waals surface area contributed by atoms with Gasteiger partial charge in [0.2, 0.25) is 0 Å². The monoisotopic (exact) mass is 163 g/mol. The topological polar surface area (TPSA) is 21.3 Å². The predicted octanol–water partition coefficient (Wildman–Crippen LogP) is 1.11. The zero-order chi connectivity index (χ0) is 9.73. The van der Waals surface area contributed by atoms with Crippen molar-refractivity contribution in [2.75, 3.05) is 26.3 Å². The molecule has 2 nitrogen and oxygen atoms in total. The predicted molar refractivity (Wildman–Crippen MR) is 42.4 cm³/mol. The summed E-state index contributed by atoms with van der Waals surface area (Å²) in [4.78, 5) is 0. The summed E-state index contributed by atoms with van der Waals surface area (Å²) in [5.74, 6) is 0. The standard InChI is InChI=1S/C8H16FNO/c9-4-1-7-11-8-2-5-10-6-3-8/h8,10H,1-7H2/i4D2. The summed E-state index contributed by atoms with van der Waals surface area (Å²) < 4.78 is 31.0. The van der Waals surface area contributed by atoms with Crippen LogP contribution in [0.5, 0.6) is 0 Å². The van der Waals surface area contributed by atoms with Crippen LogP contribution < -0.4 is 5.32 Å². The molecule has 66 valence electrons. The van der Waals surface area contributed by atoms with Crippen molar-refractivity contribution in [3.05, 3.63) is 0 Å². The molecule has 0 bridgehead atoms. The molecule has 1 N–H and O–H groups in total. The number of ether oxygens (including phenoxy) is 1. The van der Waals surface area contributed by atoms with Gasteiger partial charge in [-0.25, -0.2) is 0 Å². The number of rotatable bonds is 4. The molecular weight excluding hydrogens is 145 g/mol. The van der Waals surface area contributed by atoms with Gasteiger partial charge in [-0.05, 0) is 32.4 Å². The fourth-order valence-electron chi connectivity index (χ4n) is 1.23. The molecule has 1 heterocycles. The molecule has 1 rings (SSSR count). The first-order valence-corrected chi connectivity index (χ1v) is 4.09. The number of nitrogens with one attached hydrogen (secondary N) is 1. The van der Waals surface area contributed by atoms with Crippen LogP contribution in [0.2, 0.25) is 0 Å². The molecule has 0 spiro atoms. The summed E-state index contributed by atoms with van der Waals surface area (Å²) in [6, 6.07) is 0. The molecule has 1 aliphatic heterocycles. The van der Waals surface area contributed by atoms with E-state index in [1.165, 1.54) is 0 Å². The summed E-state index contributed by atoms with van der Waals surface area (Å²) in [7, 11) is 0. The van der Waals surface area contributed by atoms with E-state index in [1.54, 1.807) is 0 Å². The zero-order valence-corrected chi connectivity index (χ0v) is 6.61. The van der Waals surface area contributed by atoms with E-state index < -0.39 is 6.63 Å². The van der Waals surface area contributed by atoms with Crippen molar-refractivity contribution in [3.8, 4) is 0 Å². The van der Waals surface area contributed by atoms with Crippen molar-refractivity contribution in [1.29, 1.82) is 0 Å². The molecule has 3 heteroatoms. The summed E-state index contributed by atoms with van der Waals surface area (Å²) >= 11 is 0. The maximum Gasteiger partial charge on any atom is 0.0916 e. The maximum atomic E-state index is 12.4. The molecule has 0 aromatic heterocycles. The number of hydrogen-bond donors (Lipinski definition) is 1. The first-order valence-electron chi connectivity index (χ1n) is 5.09. The van der Waals surface area contributed by atoms with Crippen LogP contribution in [0.15, 0.2) is 0 Å². The zero-order valence-electron chi connectivity index (χ0n) is 8.61. The summed E-state index contributed by atoms with van der Waals surface area (Å²) in [5.41, 5.74) is 0. The number of halogens is 1. The van der Waals surface area contributed by atoms with Gasteiger partial charge in [0.1, 0.15) is 0 Å². The van der Waals surface area contributed by atoms with Gasteiger partial charge in [0.15, 0.2) is 0 Å². The highest BCUT2D eigenvalue weighted by Crippen LogP contribution is 2.07. The fraction of sp³-hybridized carbons (Fsp3) is 1.00. The lowest BCUT2D eigenvalue weighted by Crippen LogP contribution is -2.32. The molecule has 1 saturated heterocycles.